The van der Waals surface area contributed by atoms with Crippen LogP contribution in [0, 0.1) is 5.92 Å². The predicted molar refractivity (Wildman–Crippen MR) is 81.6 cm³/mol. The van der Waals surface area contributed by atoms with Crippen molar-refractivity contribution in [3.63, 3.8) is 0 Å². The van der Waals surface area contributed by atoms with Crippen LogP contribution in [-0.2, 0) is 10.0 Å². The van der Waals surface area contributed by atoms with Crippen molar-refractivity contribution in [2.24, 2.45) is 11.7 Å². The van der Waals surface area contributed by atoms with Gasteiger partial charge in [-0.15, -0.1) is 0 Å². The maximum atomic E-state index is 12.3. The average Bonchev–Trinajstić information content (AvgIpc) is 2.38. The summed E-state index contributed by atoms with van der Waals surface area (Å²) in [6.45, 7) is 4.58. The maximum Gasteiger partial charge on any atom is 0.242 e. The summed E-state index contributed by atoms with van der Waals surface area (Å²) in [5.41, 5.74) is 6.15. The Balaban J connectivity index is 2.96. The predicted octanol–water partition coefficient (Wildman–Crippen LogP) is 1.99. The summed E-state index contributed by atoms with van der Waals surface area (Å²) >= 11 is 4.84. The molecule has 0 saturated carbocycles. The van der Waals surface area contributed by atoms with Crippen molar-refractivity contribution >= 4 is 27.2 Å². The van der Waals surface area contributed by atoms with Gasteiger partial charge < -0.3 is 5.73 Å². The first-order valence-corrected chi connectivity index (χ1v) is 8.00. The molecule has 1 atom stereocenters. The van der Waals surface area contributed by atoms with Crippen molar-refractivity contribution in [1.29, 1.82) is 0 Å². The van der Waals surface area contributed by atoms with Gasteiger partial charge in [-0.2, -0.15) is 0 Å². The average molecular weight is 300 g/mol. The largest absolute Gasteiger partial charge is 0.389 e. The lowest BCUT2D eigenvalue weighted by Crippen LogP contribution is -2.31. The van der Waals surface area contributed by atoms with Crippen molar-refractivity contribution in [1.82, 2.24) is 4.31 Å². The van der Waals surface area contributed by atoms with Gasteiger partial charge in [0.25, 0.3) is 0 Å². The van der Waals surface area contributed by atoms with Gasteiger partial charge in [0.15, 0.2) is 0 Å². The van der Waals surface area contributed by atoms with Crippen LogP contribution in [0.15, 0.2) is 29.2 Å². The van der Waals surface area contributed by atoms with Crippen LogP contribution in [0.4, 0.5) is 0 Å². The summed E-state index contributed by atoms with van der Waals surface area (Å²) < 4.78 is 26.0. The third-order valence-corrected chi connectivity index (χ3v) is 5.19. The fraction of sp³-hybridized carbons (Fsp3) is 0.462. The zero-order valence-electron chi connectivity index (χ0n) is 11.5. The zero-order valence-corrected chi connectivity index (χ0v) is 13.1. The monoisotopic (exact) mass is 300 g/mol. The Morgan fingerprint density at radius 1 is 1.37 bits per heavy atom. The lowest BCUT2D eigenvalue weighted by molar-refractivity contribution is 0.393. The number of rotatable bonds is 6. The summed E-state index contributed by atoms with van der Waals surface area (Å²) in [6.07, 6.45) is 0.945. The van der Waals surface area contributed by atoms with Crippen molar-refractivity contribution in [3.8, 4) is 0 Å². The van der Waals surface area contributed by atoms with Crippen molar-refractivity contribution in [2.75, 3.05) is 13.6 Å². The molecule has 0 aliphatic heterocycles. The second-order valence-corrected chi connectivity index (χ2v) is 7.17. The normalized spacial score (nSPS) is 13.5. The van der Waals surface area contributed by atoms with Gasteiger partial charge in [0.05, 0.1) is 4.90 Å². The molecule has 0 radical (unpaired) electrons. The van der Waals surface area contributed by atoms with E-state index in [-0.39, 0.29) is 9.88 Å². The number of benzene rings is 1. The number of hydrogen-bond acceptors (Lipinski definition) is 3. The van der Waals surface area contributed by atoms with Crippen LogP contribution in [0.3, 0.4) is 0 Å². The molecule has 0 amide bonds. The van der Waals surface area contributed by atoms with Crippen molar-refractivity contribution in [2.45, 2.75) is 25.2 Å². The quantitative estimate of drug-likeness (QED) is 0.816. The minimum Gasteiger partial charge on any atom is -0.389 e. The van der Waals surface area contributed by atoms with Gasteiger partial charge in [-0.1, -0.05) is 44.6 Å². The van der Waals surface area contributed by atoms with E-state index in [4.69, 9.17) is 18.0 Å². The fourth-order valence-electron chi connectivity index (χ4n) is 1.64. The molecule has 4 nitrogen and oxygen atoms in total. The van der Waals surface area contributed by atoms with E-state index in [1.807, 2.05) is 13.8 Å². The van der Waals surface area contributed by atoms with E-state index in [1.54, 1.807) is 19.2 Å². The van der Waals surface area contributed by atoms with Crippen LogP contribution in [0.2, 0.25) is 0 Å². The Morgan fingerprint density at radius 2 is 1.89 bits per heavy atom. The zero-order chi connectivity index (χ0) is 14.6. The van der Waals surface area contributed by atoms with Crippen molar-refractivity contribution < 1.29 is 8.42 Å². The first-order chi connectivity index (χ1) is 8.78. The van der Waals surface area contributed by atoms with E-state index < -0.39 is 10.0 Å². The Labute approximate surface area is 120 Å². The van der Waals surface area contributed by atoms with Crippen molar-refractivity contribution in [3.05, 3.63) is 29.8 Å². The molecule has 0 spiro atoms. The van der Waals surface area contributed by atoms with Crippen LogP contribution in [0.5, 0.6) is 0 Å². The van der Waals surface area contributed by atoms with E-state index in [2.05, 4.69) is 0 Å². The number of hydrogen-bond donors (Lipinski definition) is 1. The van der Waals surface area contributed by atoms with Gasteiger partial charge in [0.2, 0.25) is 10.0 Å². The molecule has 106 valence electrons. The molecule has 19 heavy (non-hydrogen) atoms. The summed E-state index contributed by atoms with van der Waals surface area (Å²) in [6, 6.07) is 6.34. The molecule has 1 unspecified atom stereocenters. The highest BCUT2D eigenvalue weighted by atomic mass is 32.2. The van der Waals surface area contributed by atoms with Crippen LogP contribution in [0.25, 0.3) is 0 Å². The molecule has 0 saturated heterocycles. The van der Waals surface area contributed by atoms with E-state index >= 15 is 0 Å². The number of nitrogens with two attached hydrogens (primary N) is 1. The summed E-state index contributed by atoms with van der Waals surface area (Å²) in [7, 11) is -1.84. The van der Waals surface area contributed by atoms with E-state index in [9.17, 15) is 8.42 Å². The molecule has 0 aromatic heterocycles. The molecule has 0 bridgehead atoms. The van der Waals surface area contributed by atoms with Gasteiger partial charge >= 0.3 is 0 Å². The maximum absolute atomic E-state index is 12.3. The first-order valence-electron chi connectivity index (χ1n) is 6.15. The molecule has 1 aromatic carbocycles. The highest BCUT2D eigenvalue weighted by Crippen LogP contribution is 2.17. The van der Waals surface area contributed by atoms with E-state index in [0.29, 0.717) is 18.0 Å². The topological polar surface area (TPSA) is 63.4 Å². The molecule has 0 fully saturated rings. The molecule has 1 aromatic rings. The Morgan fingerprint density at radius 3 is 2.32 bits per heavy atom. The first kappa shape index (κ1) is 16.1. The third-order valence-electron chi connectivity index (χ3n) is 3.11. The lowest BCUT2D eigenvalue weighted by Gasteiger charge is -2.20. The van der Waals surface area contributed by atoms with E-state index in [0.717, 1.165) is 6.42 Å². The Hall–Kier alpha value is -0.980. The molecule has 6 heteroatoms. The fourth-order valence-corrected chi connectivity index (χ4v) is 3.06. The molecule has 0 aliphatic carbocycles. The lowest BCUT2D eigenvalue weighted by atomic mass is 10.1. The van der Waals surface area contributed by atoms with Crippen LogP contribution < -0.4 is 5.73 Å². The van der Waals surface area contributed by atoms with Crippen LogP contribution in [0.1, 0.15) is 25.8 Å². The number of nitrogens with zero attached hydrogens (tertiary/aromatic N) is 1. The van der Waals surface area contributed by atoms with Gasteiger partial charge in [-0.25, -0.2) is 12.7 Å². The number of sulfonamides is 1. The Kier molecular flexibility index (Phi) is 5.46. The standard InChI is InChI=1S/C13H20N2O2S2/c1-4-10(2)9-15(3)19(16,17)12-7-5-11(6-8-12)13(14)18/h5-8,10H,4,9H2,1-3H3,(H2,14,18). The summed E-state index contributed by atoms with van der Waals surface area (Å²) in [4.78, 5) is 0.523. The number of thiocarbonyl (C=S) groups is 1. The second kappa shape index (κ2) is 6.45. The summed E-state index contributed by atoms with van der Waals surface area (Å²) in [5.74, 6) is 0.329. The van der Waals surface area contributed by atoms with E-state index in [1.165, 1.54) is 16.4 Å². The third kappa shape index (κ3) is 3.99. The highest BCUT2D eigenvalue weighted by molar-refractivity contribution is 7.89. The molecule has 0 heterocycles. The van der Waals surface area contributed by atoms with Gasteiger partial charge in [-0.3, -0.25) is 0 Å². The molecule has 1 rings (SSSR count). The SMILES string of the molecule is CCC(C)CN(C)S(=O)(=O)c1ccc(C(N)=S)cc1. The smallest absolute Gasteiger partial charge is 0.242 e. The molecular weight excluding hydrogens is 280 g/mol. The minimum atomic E-state index is -3.44. The molecule has 2 N–H and O–H groups in total. The Bertz CT molecular complexity index is 538. The van der Waals surface area contributed by atoms with Crippen LogP contribution >= 0.6 is 12.2 Å². The van der Waals surface area contributed by atoms with Gasteiger partial charge in [-0.05, 0) is 18.1 Å². The van der Waals surface area contributed by atoms with Gasteiger partial charge in [0, 0.05) is 19.2 Å². The second-order valence-electron chi connectivity index (χ2n) is 4.69. The van der Waals surface area contributed by atoms with Crippen LogP contribution in [-0.4, -0.2) is 31.3 Å². The highest BCUT2D eigenvalue weighted by Gasteiger charge is 2.21. The molecule has 0 aliphatic rings. The molecular formula is C13H20N2O2S2. The summed E-state index contributed by atoms with van der Waals surface area (Å²) in [5, 5.41) is 0. The minimum absolute atomic E-state index is 0.261. The van der Waals surface area contributed by atoms with Gasteiger partial charge in [0.1, 0.15) is 4.99 Å².